The van der Waals surface area contributed by atoms with Gasteiger partial charge < -0.3 is 11.1 Å². The van der Waals surface area contributed by atoms with Gasteiger partial charge in [0.15, 0.2) is 0 Å². The second kappa shape index (κ2) is 6.70. The second-order valence-electron chi connectivity index (χ2n) is 4.76. The molecule has 0 amide bonds. The average molecular weight is 335 g/mol. The standard InChI is InChI=1S/C15H19BrN4/c1-3-5-13-14(17)18-9-19-15(13)20-10(2)11-6-4-7-12(16)8-11/h4,6-10H,3,5H2,1-2H3,(H3,17,18,19,20). The number of hydrogen-bond donors (Lipinski definition) is 2. The van der Waals surface area contributed by atoms with Crippen molar-refractivity contribution in [2.24, 2.45) is 0 Å². The Labute approximate surface area is 128 Å². The van der Waals surface area contributed by atoms with E-state index in [4.69, 9.17) is 5.73 Å². The van der Waals surface area contributed by atoms with Crippen LogP contribution in [0.1, 0.15) is 37.4 Å². The van der Waals surface area contributed by atoms with Gasteiger partial charge in [-0.05, 0) is 31.0 Å². The van der Waals surface area contributed by atoms with Crippen molar-refractivity contribution in [1.29, 1.82) is 0 Å². The first-order chi connectivity index (χ1) is 9.61. The molecule has 0 fully saturated rings. The quantitative estimate of drug-likeness (QED) is 0.868. The van der Waals surface area contributed by atoms with E-state index in [9.17, 15) is 0 Å². The Bertz CT molecular complexity index is 586. The molecule has 1 aromatic heterocycles. The van der Waals surface area contributed by atoms with E-state index in [-0.39, 0.29) is 6.04 Å². The van der Waals surface area contributed by atoms with E-state index in [0.717, 1.165) is 28.7 Å². The highest BCUT2D eigenvalue weighted by Crippen LogP contribution is 2.25. The molecular formula is C15H19BrN4. The Balaban J connectivity index is 2.23. The molecule has 20 heavy (non-hydrogen) atoms. The van der Waals surface area contributed by atoms with Crippen LogP contribution in [0.2, 0.25) is 0 Å². The molecule has 106 valence electrons. The number of nitrogens with two attached hydrogens (primary N) is 1. The highest BCUT2D eigenvalue weighted by molar-refractivity contribution is 9.10. The normalized spacial score (nSPS) is 12.2. The Hall–Kier alpha value is -1.62. The number of hydrogen-bond acceptors (Lipinski definition) is 4. The SMILES string of the molecule is CCCc1c(N)ncnc1NC(C)c1cccc(Br)c1. The molecule has 0 bridgehead atoms. The maximum absolute atomic E-state index is 5.95. The van der Waals surface area contributed by atoms with E-state index >= 15 is 0 Å². The summed E-state index contributed by atoms with van der Waals surface area (Å²) in [6.45, 7) is 4.23. The molecule has 5 heteroatoms. The van der Waals surface area contributed by atoms with E-state index < -0.39 is 0 Å². The third-order valence-electron chi connectivity index (χ3n) is 3.18. The summed E-state index contributed by atoms with van der Waals surface area (Å²) in [6, 6.07) is 8.38. The minimum Gasteiger partial charge on any atom is -0.383 e. The van der Waals surface area contributed by atoms with Crippen molar-refractivity contribution in [1.82, 2.24) is 9.97 Å². The first-order valence-electron chi connectivity index (χ1n) is 6.73. The van der Waals surface area contributed by atoms with Crippen molar-refractivity contribution in [2.75, 3.05) is 11.1 Å². The first kappa shape index (κ1) is 14.8. The predicted molar refractivity (Wildman–Crippen MR) is 86.6 cm³/mol. The van der Waals surface area contributed by atoms with Crippen LogP contribution in [0.3, 0.4) is 0 Å². The summed E-state index contributed by atoms with van der Waals surface area (Å²) < 4.78 is 1.07. The summed E-state index contributed by atoms with van der Waals surface area (Å²) in [6.07, 6.45) is 3.39. The molecule has 0 radical (unpaired) electrons. The van der Waals surface area contributed by atoms with Crippen molar-refractivity contribution < 1.29 is 0 Å². The zero-order valence-corrected chi connectivity index (χ0v) is 13.3. The fourth-order valence-corrected chi connectivity index (χ4v) is 2.53. The molecule has 0 aliphatic heterocycles. The Morgan fingerprint density at radius 3 is 2.85 bits per heavy atom. The zero-order chi connectivity index (χ0) is 14.5. The van der Waals surface area contributed by atoms with Gasteiger partial charge >= 0.3 is 0 Å². The summed E-state index contributed by atoms with van der Waals surface area (Å²) in [7, 11) is 0. The maximum Gasteiger partial charge on any atom is 0.135 e. The van der Waals surface area contributed by atoms with E-state index in [1.165, 1.54) is 11.9 Å². The van der Waals surface area contributed by atoms with Crippen LogP contribution < -0.4 is 11.1 Å². The van der Waals surface area contributed by atoms with Gasteiger partial charge in [-0.2, -0.15) is 0 Å². The van der Waals surface area contributed by atoms with Gasteiger partial charge in [0.05, 0.1) is 0 Å². The van der Waals surface area contributed by atoms with Crippen molar-refractivity contribution >= 4 is 27.6 Å². The van der Waals surface area contributed by atoms with Gasteiger partial charge in [-0.1, -0.05) is 41.4 Å². The zero-order valence-electron chi connectivity index (χ0n) is 11.7. The number of nitrogen functional groups attached to an aromatic ring is 1. The third kappa shape index (κ3) is 3.48. The number of benzene rings is 1. The molecule has 0 aliphatic rings. The lowest BCUT2D eigenvalue weighted by molar-refractivity contribution is 0.848. The van der Waals surface area contributed by atoms with Crippen molar-refractivity contribution in [3.63, 3.8) is 0 Å². The molecule has 1 unspecified atom stereocenters. The molecule has 0 saturated heterocycles. The number of nitrogens with one attached hydrogen (secondary N) is 1. The van der Waals surface area contributed by atoms with Crippen LogP contribution >= 0.6 is 15.9 Å². The highest BCUT2D eigenvalue weighted by atomic mass is 79.9. The second-order valence-corrected chi connectivity index (χ2v) is 5.67. The Morgan fingerprint density at radius 1 is 1.35 bits per heavy atom. The predicted octanol–water partition coefficient (Wildman–Crippen LogP) is 3.95. The number of nitrogens with zero attached hydrogens (tertiary/aromatic N) is 2. The molecule has 1 aromatic carbocycles. The van der Waals surface area contributed by atoms with Gasteiger partial charge in [-0.25, -0.2) is 9.97 Å². The van der Waals surface area contributed by atoms with E-state index in [1.807, 2.05) is 12.1 Å². The van der Waals surface area contributed by atoms with Crippen LogP contribution in [0.25, 0.3) is 0 Å². The highest BCUT2D eigenvalue weighted by Gasteiger charge is 2.12. The molecule has 0 aliphatic carbocycles. The van der Waals surface area contributed by atoms with Gasteiger partial charge in [0, 0.05) is 16.1 Å². The summed E-state index contributed by atoms with van der Waals surface area (Å²) in [5.41, 5.74) is 8.14. The molecule has 4 nitrogen and oxygen atoms in total. The maximum atomic E-state index is 5.95. The van der Waals surface area contributed by atoms with Crippen LogP contribution in [0.4, 0.5) is 11.6 Å². The lowest BCUT2D eigenvalue weighted by atomic mass is 10.1. The minimum atomic E-state index is 0.150. The van der Waals surface area contributed by atoms with Gasteiger partial charge in [0.2, 0.25) is 0 Å². The molecule has 1 atom stereocenters. The third-order valence-corrected chi connectivity index (χ3v) is 3.67. The summed E-state index contributed by atoms with van der Waals surface area (Å²) in [5.74, 6) is 1.39. The summed E-state index contributed by atoms with van der Waals surface area (Å²) in [4.78, 5) is 8.40. The van der Waals surface area contributed by atoms with E-state index in [2.05, 4.69) is 57.2 Å². The average Bonchev–Trinajstić information content (AvgIpc) is 2.42. The van der Waals surface area contributed by atoms with Crippen LogP contribution in [0, 0.1) is 0 Å². The number of aromatic nitrogens is 2. The van der Waals surface area contributed by atoms with Crippen molar-refractivity contribution in [2.45, 2.75) is 32.7 Å². The smallest absolute Gasteiger partial charge is 0.135 e. The lowest BCUT2D eigenvalue weighted by Crippen LogP contribution is -2.12. The van der Waals surface area contributed by atoms with Crippen LogP contribution in [0.15, 0.2) is 35.1 Å². The van der Waals surface area contributed by atoms with Crippen LogP contribution in [0.5, 0.6) is 0 Å². The van der Waals surface area contributed by atoms with Gasteiger partial charge in [0.25, 0.3) is 0 Å². The molecule has 0 spiro atoms. The largest absolute Gasteiger partial charge is 0.383 e. The Kier molecular flexibility index (Phi) is 4.95. The van der Waals surface area contributed by atoms with Crippen molar-refractivity contribution in [3.05, 3.63) is 46.2 Å². The molecular weight excluding hydrogens is 316 g/mol. The number of anilines is 2. The van der Waals surface area contributed by atoms with Gasteiger partial charge in [-0.15, -0.1) is 0 Å². The van der Waals surface area contributed by atoms with E-state index in [0.29, 0.717) is 5.82 Å². The molecule has 3 N–H and O–H groups in total. The van der Waals surface area contributed by atoms with Crippen molar-refractivity contribution in [3.8, 4) is 0 Å². The van der Waals surface area contributed by atoms with Gasteiger partial charge in [0.1, 0.15) is 18.0 Å². The monoisotopic (exact) mass is 334 g/mol. The first-order valence-corrected chi connectivity index (χ1v) is 7.52. The van der Waals surface area contributed by atoms with Crippen LogP contribution in [-0.4, -0.2) is 9.97 Å². The van der Waals surface area contributed by atoms with E-state index in [1.54, 1.807) is 0 Å². The molecule has 2 aromatic rings. The fourth-order valence-electron chi connectivity index (χ4n) is 2.11. The molecule has 2 rings (SSSR count). The lowest BCUT2D eigenvalue weighted by Gasteiger charge is -2.18. The fraction of sp³-hybridized carbons (Fsp3) is 0.333. The van der Waals surface area contributed by atoms with Gasteiger partial charge in [-0.3, -0.25) is 0 Å². The Morgan fingerprint density at radius 2 is 2.15 bits per heavy atom. The van der Waals surface area contributed by atoms with Crippen LogP contribution in [-0.2, 0) is 6.42 Å². The summed E-state index contributed by atoms with van der Waals surface area (Å²) >= 11 is 3.49. The minimum absolute atomic E-state index is 0.150. The molecule has 1 heterocycles. The number of halogens is 1. The number of rotatable bonds is 5. The topological polar surface area (TPSA) is 63.8 Å². The summed E-state index contributed by atoms with van der Waals surface area (Å²) in [5, 5.41) is 3.43. The molecule has 0 saturated carbocycles.